The zero-order valence-electron chi connectivity index (χ0n) is 32.4. The van der Waals surface area contributed by atoms with E-state index in [1.807, 2.05) is 98.8 Å². The first-order chi connectivity index (χ1) is 27.5. The van der Waals surface area contributed by atoms with Crippen molar-refractivity contribution >= 4 is 29.5 Å². The maximum atomic E-state index is 12.9. The number of aliphatic carboxylic acids is 1. The summed E-state index contributed by atoms with van der Waals surface area (Å²) in [6.45, 7) is 7.94. The van der Waals surface area contributed by atoms with Crippen molar-refractivity contribution in [2.75, 3.05) is 5.73 Å². The highest BCUT2D eigenvalue weighted by molar-refractivity contribution is 5.87. The highest BCUT2D eigenvalue weighted by atomic mass is 16.6. The molecular formula is C43H47N7O7. The number of carbonyl (C=O) groups is 4. The van der Waals surface area contributed by atoms with Crippen LogP contribution in [-0.4, -0.2) is 70.5 Å². The summed E-state index contributed by atoms with van der Waals surface area (Å²) in [4.78, 5) is 53.9. The zero-order chi connectivity index (χ0) is 41.2. The number of carbonyl (C=O) groups excluding carboxylic acids is 3. The monoisotopic (exact) mass is 773 g/mol. The minimum atomic E-state index is -1.13. The molecule has 2 aromatic carbocycles. The van der Waals surface area contributed by atoms with Crippen LogP contribution in [0.25, 0.3) is 22.5 Å². The molecule has 0 radical (unpaired) electrons. The molecular weight excluding hydrogens is 727 g/mol. The number of aryl methyl sites for hydroxylation is 2. The second-order valence-corrected chi connectivity index (χ2v) is 12.6. The quantitative estimate of drug-likeness (QED) is 0.122. The van der Waals surface area contributed by atoms with Crippen LogP contribution in [0, 0.1) is 0 Å². The van der Waals surface area contributed by atoms with Gasteiger partial charge in [-0.2, -0.15) is 10.2 Å². The Morgan fingerprint density at radius 1 is 0.649 bits per heavy atom. The van der Waals surface area contributed by atoms with Crippen LogP contribution in [0.15, 0.2) is 122 Å². The molecule has 0 aliphatic carbocycles. The van der Waals surface area contributed by atoms with Gasteiger partial charge in [-0.15, -0.1) is 0 Å². The summed E-state index contributed by atoms with van der Waals surface area (Å²) in [6.07, 6.45) is 5.69. The number of esters is 2. The molecule has 6 rings (SSSR count). The Morgan fingerprint density at radius 2 is 1.09 bits per heavy atom. The first kappa shape index (κ1) is 42.8. The Hall–Kier alpha value is -6.96. The van der Waals surface area contributed by atoms with Gasteiger partial charge in [0.05, 0.1) is 17.8 Å². The molecule has 0 spiro atoms. The number of rotatable bonds is 14. The zero-order valence-corrected chi connectivity index (χ0v) is 32.4. The van der Waals surface area contributed by atoms with Crippen LogP contribution in [0.5, 0.6) is 0 Å². The molecule has 14 heteroatoms. The Morgan fingerprint density at radius 3 is 1.53 bits per heavy atom. The Kier molecular flexibility index (Phi) is 16.4. The lowest BCUT2D eigenvalue weighted by atomic mass is 10.0. The lowest BCUT2D eigenvalue weighted by Gasteiger charge is -2.16. The number of carboxylic acids is 1. The van der Waals surface area contributed by atoms with Gasteiger partial charge in [-0.3, -0.25) is 29.0 Å². The normalized spacial score (nSPS) is 11.4. The largest absolute Gasteiger partial charge is 0.478 e. The van der Waals surface area contributed by atoms with E-state index in [1.54, 1.807) is 46.3 Å². The molecule has 0 aliphatic rings. The van der Waals surface area contributed by atoms with E-state index in [2.05, 4.69) is 24.9 Å². The molecule has 0 saturated heterocycles. The molecule has 0 bridgehead atoms. The molecule has 57 heavy (non-hydrogen) atoms. The minimum absolute atomic E-state index is 0.144. The lowest BCUT2D eigenvalue weighted by molar-refractivity contribution is -0.162. The van der Waals surface area contributed by atoms with Crippen molar-refractivity contribution in [3.8, 4) is 22.5 Å². The van der Waals surface area contributed by atoms with Gasteiger partial charge in [0.25, 0.3) is 0 Å². The smallest absolute Gasteiger partial charge is 0.345 e. The molecule has 4 heterocycles. The molecule has 0 saturated carbocycles. The summed E-state index contributed by atoms with van der Waals surface area (Å²) >= 11 is 0. The average Bonchev–Trinajstić information content (AvgIpc) is 3.81. The standard InChI is InChI=1S/C22H23N3O3.C11H12O4.C10H12N4/c1-3-25-19(14-20(24-25)18-9-11-23-12-10-18)15-21(27)22(28-16(2)26)13-17-7-5-4-6-8-17;1-8(12)15-10(11(13)14)7-9-5-3-2-4-6-9;1-2-14-10(11)7-9(13-14)8-3-5-12-6-4-8/h4-12,14,22H,3,13,15H2,1-2H3;2-6,10H,7H2,1H3,(H,13,14);3-7H,2,11H2,1H3/t22-;10-;/m11./s1. The van der Waals surface area contributed by atoms with Gasteiger partial charge >= 0.3 is 17.9 Å². The molecule has 3 N–H and O–H groups in total. The molecule has 0 aliphatic heterocycles. The highest BCUT2D eigenvalue weighted by Crippen LogP contribution is 2.21. The summed E-state index contributed by atoms with van der Waals surface area (Å²) in [5.41, 5.74) is 12.0. The highest BCUT2D eigenvalue weighted by Gasteiger charge is 2.24. The molecule has 0 amide bonds. The van der Waals surface area contributed by atoms with Crippen molar-refractivity contribution in [3.05, 3.63) is 139 Å². The van der Waals surface area contributed by atoms with Gasteiger partial charge in [0, 0.05) is 87.5 Å². The van der Waals surface area contributed by atoms with E-state index in [0.717, 1.165) is 45.9 Å². The van der Waals surface area contributed by atoms with Crippen LogP contribution in [0.2, 0.25) is 0 Å². The maximum Gasteiger partial charge on any atom is 0.345 e. The van der Waals surface area contributed by atoms with E-state index in [4.69, 9.17) is 15.6 Å². The predicted molar refractivity (Wildman–Crippen MR) is 214 cm³/mol. The third kappa shape index (κ3) is 13.7. The van der Waals surface area contributed by atoms with Crippen LogP contribution in [0.3, 0.4) is 0 Å². The SMILES string of the molecule is CC(=O)O[C@H](Cc1ccccc1)C(=O)O.CCn1nc(-c2ccncc2)cc1CC(=O)[C@@H](Cc1ccccc1)OC(C)=O.CCn1nc(-c2ccncc2)cc1N. The van der Waals surface area contributed by atoms with Crippen molar-refractivity contribution in [1.29, 1.82) is 0 Å². The Balaban J connectivity index is 0.000000209. The third-order valence-electron chi connectivity index (χ3n) is 8.36. The number of benzene rings is 2. The number of anilines is 1. The van der Waals surface area contributed by atoms with E-state index in [9.17, 15) is 19.2 Å². The fourth-order valence-electron chi connectivity index (χ4n) is 5.63. The fraction of sp³-hybridized carbons (Fsp3) is 0.256. The minimum Gasteiger partial charge on any atom is -0.478 e. The second kappa shape index (κ2) is 21.8. The molecule has 0 fully saturated rings. The fourth-order valence-corrected chi connectivity index (χ4v) is 5.63. The van der Waals surface area contributed by atoms with Gasteiger partial charge in [-0.05, 0) is 55.3 Å². The molecule has 296 valence electrons. The number of pyridine rings is 2. The summed E-state index contributed by atoms with van der Waals surface area (Å²) in [7, 11) is 0. The van der Waals surface area contributed by atoms with Gasteiger partial charge in [0.1, 0.15) is 5.82 Å². The van der Waals surface area contributed by atoms with Crippen molar-refractivity contribution in [2.24, 2.45) is 0 Å². The molecule has 2 atom stereocenters. The topological polar surface area (TPSA) is 194 Å². The Labute approximate surface area is 331 Å². The van der Waals surface area contributed by atoms with Crippen molar-refractivity contribution in [1.82, 2.24) is 29.5 Å². The van der Waals surface area contributed by atoms with Crippen LogP contribution in [0.4, 0.5) is 5.82 Å². The third-order valence-corrected chi connectivity index (χ3v) is 8.36. The van der Waals surface area contributed by atoms with Crippen LogP contribution in [-0.2, 0) is 61.0 Å². The number of nitrogens with zero attached hydrogens (tertiary/aromatic N) is 6. The van der Waals surface area contributed by atoms with Crippen LogP contribution < -0.4 is 5.73 Å². The van der Waals surface area contributed by atoms with E-state index >= 15 is 0 Å². The number of aromatic nitrogens is 6. The summed E-state index contributed by atoms with van der Waals surface area (Å²) in [5.74, 6) is -1.63. The predicted octanol–water partition coefficient (Wildman–Crippen LogP) is 6.04. The van der Waals surface area contributed by atoms with E-state index in [0.29, 0.717) is 18.8 Å². The van der Waals surface area contributed by atoms with Crippen molar-refractivity contribution in [3.63, 3.8) is 0 Å². The van der Waals surface area contributed by atoms with Crippen molar-refractivity contribution < 1.29 is 33.8 Å². The molecule has 0 unspecified atom stereocenters. The summed E-state index contributed by atoms with van der Waals surface area (Å²) in [5, 5.41) is 17.8. The summed E-state index contributed by atoms with van der Waals surface area (Å²) in [6, 6.07) is 30.0. The second-order valence-electron chi connectivity index (χ2n) is 12.6. The van der Waals surface area contributed by atoms with Crippen LogP contribution >= 0.6 is 0 Å². The first-order valence-electron chi connectivity index (χ1n) is 18.4. The van der Waals surface area contributed by atoms with Crippen LogP contribution in [0.1, 0.15) is 44.5 Å². The number of ether oxygens (including phenoxy) is 2. The first-order valence-corrected chi connectivity index (χ1v) is 18.4. The lowest BCUT2D eigenvalue weighted by Crippen LogP contribution is -2.30. The van der Waals surface area contributed by atoms with Gasteiger partial charge < -0.3 is 20.3 Å². The number of Topliss-reactive ketones (excluding diaryl/α,β-unsaturated/α-hetero) is 1. The number of nitrogen functional groups attached to an aromatic ring is 1. The van der Waals surface area contributed by atoms with Gasteiger partial charge in [0.2, 0.25) is 6.10 Å². The average molecular weight is 774 g/mol. The molecule has 4 aromatic heterocycles. The number of ketones is 1. The summed E-state index contributed by atoms with van der Waals surface area (Å²) < 4.78 is 13.6. The maximum absolute atomic E-state index is 12.9. The number of hydrogen-bond acceptors (Lipinski definition) is 11. The number of nitrogens with two attached hydrogens (primary N) is 1. The van der Waals surface area contributed by atoms with E-state index < -0.39 is 30.1 Å². The van der Waals surface area contributed by atoms with E-state index in [1.165, 1.54) is 13.8 Å². The number of carboxylic acid groups (broad SMARTS) is 1. The Bertz CT molecular complexity index is 2180. The van der Waals surface area contributed by atoms with Gasteiger partial charge in [-0.25, -0.2) is 9.48 Å². The van der Waals surface area contributed by atoms with E-state index in [-0.39, 0.29) is 18.6 Å². The van der Waals surface area contributed by atoms with Gasteiger partial charge in [0.15, 0.2) is 11.9 Å². The molecule has 6 aromatic rings. The number of hydrogen-bond donors (Lipinski definition) is 2. The van der Waals surface area contributed by atoms with Crippen molar-refractivity contribution in [2.45, 2.75) is 72.3 Å². The molecule has 14 nitrogen and oxygen atoms in total. The van der Waals surface area contributed by atoms with Gasteiger partial charge in [-0.1, -0.05) is 60.7 Å².